The Morgan fingerprint density at radius 3 is 2.36 bits per heavy atom. The molecule has 4 nitrogen and oxygen atoms in total. The summed E-state index contributed by atoms with van der Waals surface area (Å²) in [5.74, 6) is 0. The lowest BCUT2D eigenvalue weighted by Crippen LogP contribution is -2.43. The maximum Gasteiger partial charge on any atom is 0.205 e. The quantitative estimate of drug-likeness (QED) is 0.577. The minimum atomic E-state index is -3.55. The fourth-order valence-corrected chi connectivity index (χ4v) is 5.86. The summed E-state index contributed by atoms with van der Waals surface area (Å²) in [6, 6.07) is 8.60. The highest BCUT2D eigenvalue weighted by Crippen LogP contribution is 2.43. The van der Waals surface area contributed by atoms with E-state index in [-0.39, 0.29) is 23.4 Å². The van der Waals surface area contributed by atoms with Crippen LogP contribution in [-0.2, 0) is 19.0 Å². The Morgan fingerprint density at radius 1 is 1.12 bits per heavy atom. The van der Waals surface area contributed by atoms with Crippen molar-refractivity contribution < 1.29 is 17.6 Å². The first-order valence-electron chi connectivity index (χ1n) is 8.87. The SMILES string of the molecule is CC(C)(C)[Si](C)(C)O[C@H]1C=C(S(=O)(=O)c2ccccc2)[C@@H]2O[C@@H]2CC1. The van der Waals surface area contributed by atoms with Gasteiger partial charge in [0, 0.05) is 0 Å². The van der Waals surface area contributed by atoms with E-state index in [0.717, 1.165) is 12.8 Å². The van der Waals surface area contributed by atoms with Gasteiger partial charge in [-0.1, -0.05) is 39.0 Å². The molecular formula is C19H28O4SSi. The van der Waals surface area contributed by atoms with Crippen molar-refractivity contribution in [1.82, 2.24) is 0 Å². The zero-order chi connectivity index (χ0) is 18.5. The molecule has 0 amide bonds. The summed E-state index contributed by atoms with van der Waals surface area (Å²) < 4.78 is 38.3. The van der Waals surface area contributed by atoms with Crippen LogP contribution in [0.15, 0.2) is 46.2 Å². The fraction of sp³-hybridized carbons (Fsp3) is 0.579. The Balaban J connectivity index is 1.93. The Hall–Kier alpha value is -0.953. The van der Waals surface area contributed by atoms with Crippen LogP contribution >= 0.6 is 0 Å². The van der Waals surface area contributed by atoms with Gasteiger partial charge in [0.2, 0.25) is 9.84 Å². The number of hydrogen-bond donors (Lipinski definition) is 0. The molecule has 138 valence electrons. The van der Waals surface area contributed by atoms with Crippen LogP contribution in [0.25, 0.3) is 0 Å². The van der Waals surface area contributed by atoms with Gasteiger partial charge in [0.15, 0.2) is 8.32 Å². The maximum absolute atomic E-state index is 13.1. The molecule has 0 aromatic heterocycles. The van der Waals surface area contributed by atoms with E-state index in [1.807, 2.05) is 12.1 Å². The van der Waals surface area contributed by atoms with Gasteiger partial charge < -0.3 is 9.16 Å². The number of sulfone groups is 1. The summed E-state index contributed by atoms with van der Waals surface area (Å²) in [5, 5.41) is 0.0883. The molecule has 0 bridgehead atoms. The van der Waals surface area contributed by atoms with Gasteiger partial charge in [0.1, 0.15) is 6.10 Å². The van der Waals surface area contributed by atoms with E-state index in [1.54, 1.807) is 24.3 Å². The molecule has 25 heavy (non-hydrogen) atoms. The minimum absolute atomic E-state index is 0.0118. The van der Waals surface area contributed by atoms with Crippen molar-refractivity contribution in [2.45, 2.75) is 75.0 Å². The third-order valence-electron chi connectivity index (χ3n) is 5.56. The van der Waals surface area contributed by atoms with Gasteiger partial charge in [0.05, 0.1) is 22.0 Å². The molecule has 0 radical (unpaired) electrons. The molecule has 0 saturated carbocycles. The van der Waals surface area contributed by atoms with Crippen molar-refractivity contribution in [3.63, 3.8) is 0 Å². The van der Waals surface area contributed by atoms with Crippen molar-refractivity contribution in [1.29, 1.82) is 0 Å². The van der Waals surface area contributed by atoms with Crippen LogP contribution in [-0.4, -0.2) is 35.0 Å². The standard InChI is InChI=1S/C19H28O4SSi/c1-19(2,3)25(4,5)23-14-11-12-16-18(22-16)17(13-14)24(20,21)15-9-7-6-8-10-15/h6-10,13-14,16,18H,11-12H2,1-5H3/t14-,16-,18-/m1/s1. The molecule has 3 atom stereocenters. The molecule has 1 heterocycles. The lowest BCUT2D eigenvalue weighted by atomic mass is 10.2. The monoisotopic (exact) mass is 380 g/mol. The summed E-state index contributed by atoms with van der Waals surface area (Å²) in [6.07, 6.45) is 3.01. The van der Waals surface area contributed by atoms with Crippen molar-refractivity contribution in [2.75, 3.05) is 0 Å². The normalized spacial score (nSPS) is 27.2. The largest absolute Gasteiger partial charge is 0.411 e. The Kier molecular flexibility index (Phi) is 4.77. The molecule has 1 fully saturated rings. The molecule has 1 saturated heterocycles. The molecule has 1 aliphatic carbocycles. The van der Waals surface area contributed by atoms with Crippen LogP contribution in [0.5, 0.6) is 0 Å². The van der Waals surface area contributed by atoms with Crippen molar-refractivity contribution in [2.24, 2.45) is 0 Å². The molecule has 1 aromatic rings. The molecule has 3 rings (SSSR count). The number of epoxide rings is 1. The van der Waals surface area contributed by atoms with Gasteiger partial charge in [-0.15, -0.1) is 0 Å². The first-order chi connectivity index (χ1) is 11.5. The highest BCUT2D eigenvalue weighted by molar-refractivity contribution is 7.95. The lowest BCUT2D eigenvalue weighted by molar-refractivity contribution is 0.204. The van der Waals surface area contributed by atoms with Gasteiger partial charge in [-0.05, 0) is 49.2 Å². The van der Waals surface area contributed by atoms with E-state index < -0.39 is 18.2 Å². The number of hydrogen-bond acceptors (Lipinski definition) is 4. The van der Waals surface area contributed by atoms with Gasteiger partial charge in [-0.3, -0.25) is 0 Å². The summed E-state index contributed by atoms with van der Waals surface area (Å²) in [7, 11) is -5.52. The minimum Gasteiger partial charge on any atom is -0.411 e. The van der Waals surface area contributed by atoms with Crippen LogP contribution in [0.1, 0.15) is 33.6 Å². The molecule has 6 heteroatoms. The first kappa shape index (κ1) is 18.8. The van der Waals surface area contributed by atoms with Crippen molar-refractivity contribution in [3.8, 4) is 0 Å². The van der Waals surface area contributed by atoms with Crippen LogP contribution in [0.4, 0.5) is 0 Å². The summed E-state index contributed by atoms with van der Waals surface area (Å²) in [5.41, 5.74) is 0. The van der Waals surface area contributed by atoms with Gasteiger partial charge in [-0.2, -0.15) is 0 Å². The predicted octanol–water partition coefficient (Wildman–Crippen LogP) is 4.30. The van der Waals surface area contributed by atoms with Crippen LogP contribution in [0.2, 0.25) is 18.1 Å². The summed E-state index contributed by atoms with van der Waals surface area (Å²) in [6.45, 7) is 11.0. The average molecular weight is 381 g/mol. The van der Waals surface area contributed by atoms with E-state index in [2.05, 4.69) is 33.9 Å². The highest BCUT2D eigenvalue weighted by Gasteiger charge is 2.49. The van der Waals surface area contributed by atoms with Crippen LogP contribution < -0.4 is 0 Å². The molecule has 0 unspecified atom stereocenters. The fourth-order valence-electron chi connectivity index (χ4n) is 2.93. The van der Waals surface area contributed by atoms with Crippen LogP contribution in [0, 0.1) is 0 Å². The van der Waals surface area contributed by atoms with E-state index in [0.29, 0.717) is 9.80 Å². The molecule has 0 spiro atoms. The van der Waals surface area contributed by atoms with E-state index >= 15 is 0 Å². The Labute approximate surface area is 152 Å². The number of fused-ring (bicyclic) bond motifs is 1. The predicted molar refractivity (Wildman–Crippen MR) is 102 cm³/mol. The zero-order valence-corrected chi connectivity index (χ0v) is 17.5. The number of rotatable bonds is 4. The molecule has 0 N–H and O–H groups in total. The topological polar surface area (TPSA) is 55.9 Å². The van der Waals surface area contributed by atoms with E-state index in [1.165, 1.54) is 0 Å². The molecular weight excluding hydrogens is 352 g/mol. The van der Waals surface area contributed by atoms with Crippen molar-refractivity contribution >= 4 is 18.2 Å². The van der Waals surface area contributed by atoms with Gasteiger partial charge in [-0.25, -0.2) is 8.42 Å². The summed E-state index contributed by atoms with van der Waals surface area (Å²) >= 11 is 0. The molecule has 1 aliphatic heterocycles. The van der Waals surface area contributed by atoms with Gasteiger partial charge >= 0.3 is 0 Å². The maximum atomic E-state index is 13.1. The first-order valence-corrected chi connectivity index (χ1v) is 13.3. The highest BCUT2D eigenvalue weighted by atomic mass is 32.2. The number of benzene rings is 1. The Bertz CT molecular complexity index is 762. The third-order valence-corrected chi connectivity index (χ3v) is 12.0. The second kappa shape index (κ2) is 6.34. The summed E-state index contributed by atoms with van der Waals surface area (Å²) in [4.78, 5) is 0.702. The molecule has 2 aliphatic rings. The Morgan fingerprint density at radius 2 is 1.76 bits per heavy atom. The van der Waals surface area contributed by atoms with Gasteiger partial charge in [0.25, 0.3) is 0 Å². The second-order valence-corrected chi connectivity index (χ2v) is 15.2. The lowest BCUT2D eigenvalue weighted by Gasteiger charge is -2.38. The second-order valence-electron chi connectivity index (χ2n) is 8.47. The van der Waals surface area contributed by atoms with E-state index in [9.17, 15) is 8.42 Å². The zero-order valence-electron chi connectivity index (χ0n) is 15.7. The van der Waals surface area contributed by atoms with Crippen LogP contribution in [0.3, 0.4) is 0 Å². The smallest absolute Gasteiger partial charge is 0.205 e. The van der Waals surface area contributed by atoms with E-state index in [4.69, 9.17) is 9.16 Å². The average Bonchev–Trinajstić information content (AvgIpc) is 3.28. The van der Waals surface area contributed by atoms with Crippen molar-refractivity contribution in [3.05, 3.63) is 41.3 Å². The third kappa shape index (κ3) is 3.77. The number of ether oxygens (including phenoxy) is 1. The molecule has 1 aromatic carbocycles.